The van der Waals surface area contributed by atoms with Crippen molar-refractivity contribution in [3.63, 3.8) is 0 Å². The normalized spacial score (nSPS) is 10.8. The molecular weight excluding hydrogens is 264 g/mol. The maximum absolute atomic E-state index is 11.8. The molecule has 0 radical (unpaired) electrons. The molecule has 1 aromatic heterocycles. The lowest BCUT2D eigenvalue weighted by Gasteiger charge is -1.97. The summed E-state index contributed by atoms with van der Waals surface area (Å²) in [6, 6.07) is 6.44. The Labute approximate surface area is 113 Å². The van der Waals surface area contributed by atoms with Crippen molar-refractivity contribution in [3.8, 4) is 5.75 Å². The number of hydrazone groups is 1. The molecule has 19 heavy (non-hydrogen) atoms. The van der Waals surface area contributed by atoms with Crippen LogP contribution < -0.4 is 11.2 Å². The molecule has 0 saturated heterocycles. The van der Waals surface area contributed by atoms with Crippen LogP contribution in [0.1, 0.15) is 20.9 Å². The molecular formula is C12H12N4O2S. The second-order valence-corrected chi connectivity index (χ2v) is 4.79. The zero-order valence-electron chi connectivity index (χ0n) is 10.1. The third-order valence-electron chi connectivity index (χ3n) is 2.29. The van der Waals surface area contributed by atoms with Crippen LogP contribution in [0, 0.1) is 6.92 Å². The van der Waals surface area contributed by atoms with Gasteiger partial charge < -0.3 is 10.8 Å². The van der Waals surface area contributed by atoms with Gasteiger partial charge >= 0.3 is 0 Å². The lowest BCUT2D eigenvalue weighted by molar-refractivity contribution is 0.0958. The number of anilines is 1. The van der Waals surface area contributed by atoms with Gasteiger partial charge in [-0.15, -0.1) is 0 Å². The predicted octanol–water partition coefficient (Wildman–Crippen LogP) is 1.50. The first kappa shape index (κ1) is 13.0. The Kier molecular flexibility index (Phi) is 3.76. The van der Waals surface area contributed by atoms with E-state index in [1.54, 1.807) is 19.1 Å². The van der Waals surface area contributed by atoms with Crippen LogP contribution in [-0.4, -0.2) is 22.2 Å². The van der Waals surface area contributed by atoms with Gasteiger partial charge in [-0.2, -0.15) is 5.10 Å². The van der Waals surface area contributed by atoms with E-state index >= 15 is 0 Å². The Bertz CT molecular complexity index is 619. The van der Waals surface area contributed by atoms with Crippen molar-refractivity contribution < 1.29 is 9.90 Å². The van der Waals surface area contributed by atoms with E-state index < -0.39 is 0 Å². The van der Waals surface area contributed by atoms with Crippen molar-refractivity contribution in [2.24, 2.45) is 5.10 Å². The van der Waals surface area contributed by atoms with E-state index in [0.717, 1.165) is 16.9 Å². The van der Waals surface area contributed by atoms with Crippen molar-refractivity contribution in [3.05, 3.63) is 40.4 Å². The van der Waals surface area contributed by atoms with Crippen LogP contribution in [0.3, 0.4) is 0 Å². The second-order valence-electron chi connectivity index (χ2n) is 3.76. The van der Waals surface area contributed by atoms with Gasteiger partial charge in [-0.25, -0.2) is 10.4 Å². The predicted molar refractivity (Wildman–Crippen MR) is 74.4 cm³/mol. The van der Waals surface area contributed by atoms with Crippen molar-refractivity contribution >= 4 is 28.6 Å². The lowest BCUT2D eigenvalue weighted by Crippen LogP contribution is -2.17. The summed E-state index contributed by atoms with van der Waals surface area (Å²) in [7, 11) is 0. The van der Waals surface area contributed by atoms with Crippen LogP contribution in [0.5, 0.6) is 5.75 Å². The van der Waals surface area contributed by atoms with Crippen molar-refractivity contribution in [2.75, 3.05) is 5.73 Å². The van der Waals surface area contributed by atoms with Crippen LogP contribution in [0.2, 0.25) is 0 Å². The summed E-state index contributed by atoms with van der Waals surface area (Å²) in [5.74, 6) is -0.168. The average Bonchev–Trinajstić information content (AvgIpc) is 2.71. The summed E-state index contributed by atoms with van der Waals surface area (Å²) in [6.45, 7) is 1.71. The number of phenols is 1. The molecule has 1 aromatic carbocycles. The zero-order valence-corrected chi connectivity index (χ0v) is 10.9. The number of hydrogen-bond acceptors (Lipinski definition) is 6. The van der Waals surface area contributed by atoms with Crippen molar-refractivity contribution in [1.29, 1.82) is 0 Å². The highest BCUT2D eigenvalue weighted by molar-refractivity contribution is 7.17. The fourth-order valence-corrected chi connectivity index (χ4v) is 2.13. The van der Waals surface area contributed by atoms with Crippen LogP contribution >= 0.6 is 11.3 Å². The number of aromatic hydroxyl groups is 1. The number of thiazole rings is 1. The van der Waals surface area contributed by atoms with Crippen molar-refractivity contribution in [1.82, 2.24) is 10.4 Å². The van der Waals surface area contributed by atoms with Gasteiger partial charge in [0.05, 0.1) is 11.9 Å². The van der Waals surface area contributed by atoms with Crippen LogP contribution in [0.15, 0.2) is 29.4 Å². The molecule has 0 spiro atoms. The van der Waals surface area contributed by atoms with Crippen LogP contribution in [0.4, 0.5) is 5.13 Å². The van der Waals surface area contributed by atoms with Gasteiger partial charge in [-0.3, -0.25) is 4.79 Å². The molecule has 1 heterocycles. The second kappa shape index (κ2) is 5.49. The SMILES string of the molecule is Cc1nc(N)sc1C(=O)N/N=C\c1ccc(O)cc1. The number of nitrogens with zero attached hydrogens (tertiary/aromatic N) is 2. The van der Waals surface area contributed by atoms with E-state index in [1.165, 1.54) is 18.3 Å². The molecule has 7 heteroatoms. The third-order valence-corrected chi connectivity index (χ3v) is 3.28. The highest BCUT2D eigenvalue weighted by Gasteiger charge is 2.12. The summed E-state index contributed by atoms with van der Waals surface area (Å²) < 4.78 is 0. The molecule has 0 saturated carbocycles. The number of benzene rings is 1. The fraction of sp³-hybridized carbons (Fsp3) is 0.0833. The largest absolute Gasteiger partial charge is 0.508 e. The molecule has 0 aliphatic rings. The maximum Gasteiger partial charge on any atom is 0.283 e. The van der Waals surface area contributed by atoms with E-state index in [9.17, 15) is 4.79 Å². The minimum atomic E-state index is -0.346. The number of amides is 1. The molecule has 2 aromatic rings. The molecule has 0 atom stereocenters. The number of phenolic OH excluding ortho intramolecular Hbond substituents is 1. The molecule has 98 valence electrons. The zero-order chi connectivity index (χ0) is 13.8. The Balaban J connectivity index is 2.00. The monoisotopic (exact) mass is 276 g/mol. The first-order valence-corrected chi connectivity index (χ1v) is 6.23. The molecule has 4 N–H and O–H groups in total. The fourth-order valence-electron chi connectivity index (χ4n) is 1.40. The van der Waals surface area contributed by atoms with Gasteiger partial charge in [0.1, 0.15) is 10.6 Å². The number of hydrogen-bond donors (Lipinski definition) is 3. The Morgan fingerprint density at radius 1 is 1.47 bits per heavy atom. The highest BCUT2D eigenvalue weighted by atomic mass is 32.1. The van der Waals surface area contributed by atoms with Gasteiger partial charge in [-0.05, 0) is 36.8 Å². The molecule has 1 amide bonds. The highest BCUT2D eigenvalue weighted by Crippen LogP contribution is 2.19. The van der Waals surface area contributed by atoms with E-state index in [-0.39, 0.29) is 11.7 Å². The number of carbonyl (C=O) groups is 1. The molecule has 0 bridgehead atoms. The first-order valence-electron chi connectivity index (χ1n) is 5.41. The Morgan fingerprint density at radius 3 is 2.74 bits per heavy atom. The Morgan fingerprint density at radius 2 is 2.16 bits per heavy atom. The summed E-state index contributed by atoms with van der Waals surface area (Å²) in [6.07, 6.45) is 1.48. The van der Waals surface area contributed by atoms with Gasteiger partial charge in [0, 0.05) is 0 Å². The lowest BCUT2D eigenvalue weighted by atomic mass is 10.2. The van der Waals surface area contributed by atoms with Gasteiger partial charge in [0.15, 0.2) is 5.13 Å². The summed E-state index contributed by atoms with van der Waals surface area (Å²) >= 11 is 1.12. The summed E-state index contributed by atoms with van der Waals surface area (Å²) in [4.78, 5) is 16.2. The van der Waals surface area contributed by atoms with Crippen LogP contribution in [-0.2, 0) is 0 Å². The quantitative estimate of drug-likeness (QED) is 0.584. The minimum Gasteiger partial charge on any atom is -0.508 e. The van der Waals surface area contributed by atoms with Crippen molar-refractivity contribution in [2.45, 2.75) is 6.92 Å². The number of nitrogens with one attached hydrogen (secondary N) is 1. The number of aromatic nitrogens is 1. The molecule has 0 aliphatic heterocycles. The molecule has 0 unspecified atom stereocenters. The van der Waals surface area contributed by atoms with Gasteiger partial charge in [0.25, 0.3) is 5.91 Å². The van der Waals surface area contributed by atoms with Gasteiger partial charge in [0.2, 0.25) is 0 Å². The number of aryl methyl sites for hydroxylation is 1. The topological polar surface area (TPSA) is 101 Å². The minimum absolute atomic E-state index is 0.178. The van der Waals surface area contributed by atoms with E-state index in [2.05, 4.69) is 15.5 Å². The summed E-state index contributed by atoms with van der Waals surface area (Å²) in [5, 5.41) is 13.3. The molecule has 6 nitrogen and oxygen atoms in total. The van der Waals surface area contributed by atoms with Crippen LogP contribution in [0.25, 0.3) is 0 Å². The maximum atomic E-state index is 11.8. The number of carbonyl (C=O) groups excluding carboxylic acids is 1. The molecule has 0 fully saturated rings. The molecule has 0 aliphatic carbocycles. The van der Waals surface area contributed by atoms with E-state index in [0.29, 0.717) is 15.7 Å². The van der Waals surface area contributed by atoms with Gasteiger partial charge in [-0.1, -0.05) is 11.3 Å². The van der Waals surface area contributed by atoms with E-state index in [1.807, 2.05) is 0 Å². The number of nitrogens with two attached hydrogens (primary N) is 1. The summed E-state index contributed by atoms with van der Waals surface area (Å²) in [5.41, 5.74) is 9.26. The number of nitrogen functional groups attached to an aromatic ring is 1. The first-order chi connectivity index (χ1) is 9.06. The number of rotatable bonds is 3. The average molecular weight is 276 g/mol. The van der Waals surface area contributed by atoms with E-state index in [4.69, 9.17) is 10.8 Å². The Hall–Kier alpha value is -2.41. The smallest absolute Gasteiger partial charge is 0.283 e. The molecule has 2 rings (SSSR count). The third kappa shape index (κ3) is 3.29. The standard InChI is InChI=1S/C12H12N4O2S/c1-7-10(19-12(13)15-7)11(18)16-14-6-8-2-4-9(17)5-3-8/h2-6,17H,1H3,(H2,13,15)(H,16,18)/b14-6-.